The van der Waals surface area contributed by atoms with Crippen LogP contribution in [0.4, 0.5) is 5.95 Å². The normalized spacial score (nSPS) is 20.4. The molecule has 15 heavy (non-hydrogen) atoms. The van der Waals surface area contributed by atoms with E-state index in [1.165, 1.54) is 0 Å². The molecule has 5 heteroatoms. The molecule has 0 bridgehead atoms. The molecule has 1 fully saturated rings. The number of rotatable bonds is 1. The molecule has 1 amide bonds. The molecule has 4 nitrogen and oxygen atoms in total. The average molecular weight is 313 g/mol. The van der Waals surface area contributed by atoms with Crippen molar-refractivity contribution in [1.82, 2.24) is 9.97 Å². The number of anilines is 1. The summed E-state index contributed by atoms with van der Waals surface area (Å²) >= 11 is 2.12. The molecule has 0 aromatic carbocycles. The Bertz CT molecular complexity index is 423. The zero-order valence-electron chi connectivity index (χ0n) is 7.85. The molecule has 0 N–H and O–H groups in total. The second-order valence-corrected chi connectivity index (χ2v) is 4.52. The maximum Gasteiger partial charge on any atom is 0.232 e. The van der Waals surface area contributed by atoms with Crippen LogP contribution in [0.1, 0.15) is 6.42 Å². The summed E-state index contributed by atoms with van der Waals surface area (Å²) in [5.41, 5.74) is 0. The van der Waals surface area contributed by atoms with E-state index in [-0.39, 0.29) is 11.8 Å². The smallest absolute Gasteiger partial charge is 0.232 e. The Kier molecular flexibility index (Phi) is 2.86. The highest BCUT2D eigenvalue weighted by molar-refractivity contribution is 14.1. The van der Waals surface area contributed by atoms with E-state index in [9.17, 15) is 4.79 Å². The van der Waals surface area contributed by atoms with E-state index in [1.807, 2.05) is 0 Å². The lowest BCUT2D eigenvalue weighted by molar-refractivity contribution is -0.117. The monoisotopic (exact) mass is 313 g/mol. The van der Waals surface area contributed by atoms with E-state index in [1.54, 1.807) is 17.3 Å². The van der Waals surface area contributed by atoms with Crippen molar-refractivity contribution in [3.63, 3.8) is 0 Å². The van der Waals surface area contributed by atoms with Crippen LogP contribution < -0.4 is 4.90 Å². The number of hydrogen-bond acceptors (Lipinski definition) is 3. The summed E-state index contributed by atoms with van der Waals surface area (Å²) in [6, 6.07) is 0. The van der Waals surface area contributed by atoms with Gasteiger partial charge in [0.25, 0.3) is 0 Å². The number of amides is 1. The minimum absolute atomic E-state index is 0.000779. The van der Waals surface area contributed by atoms with Crippen LogP contribution in [0.15, 0.2) is 12.4 Å². The zero-order valence-corrected chi connectivity index (χ0v) is 10.0. The molecule has 0 radical (unpaired) electrons. The number of terminal acetylenes is 1. The fourth-order valence-electron chi connectivity index (χ4n) is 1.46. The molecular formula is C10H8IN3O. The molecule has 1 atom stereocenters. The number of hydrogen-bond donors (Lipinski definition) is 0. The Morgan fingerprint density at radius 1 is 1.53 bits per heavy atom. The third-order valence-corrected chi connectivity index (χ3v) is 2.77. The van der Waals surface area contributed by atoms with Crippen molar-refractivity contribution in [2.75, 3.05) is 11.4 Å². The highest BCUT2D eigenvalue weighted by Gasteiger charge is 2.30. The van der Waals surface area contributed by atoms with Crippen LogP contribution in [0.25, 0.3) is 0 Å². The first kappa shape index (κ1) is 10.4. The topological polar surface area (TPSA) is 46.1 Å². The molecule has 0 aliphatic carbocycles. The lowest BCUT2D eigenvalue weighted by Gasteiger charge is -2.12. The van der Waals surface area contributed by atoms with Crippen molar-refractivity contribution >= 4 is 34.4 Å². The second-order valence-electron chi connectivity index (χ2n) is 3.27. The van der Waals surface area contributed by atoms with Crippen molar-refractivity contribution in [2.45, 2.75) is 6.42 Å². The summed E-state index contributed by atoms with van der Waals surface area (Å²) in [7, 11) is 0. The van der Waals surface area contributed by atoms with Gasteiger partial charge >= 0.3 is 0 Å². The van der Waals surface area contributed by atoms with E-state index < -0.39 is 0 Å². The zero-order chi connectivity index (χ0) is 10.8. The molecule has 1 aliphatic rings. The summed E-state index contributed by atoms with van der Waals surface area (Å²) in [5.74, 6) is 3.01. The first-order chi connectivity index (χ1) is 7.20. The standard InChI is InChI=1S/C10H8IN3O/c1-2-7-3-9(15)14(6-7)10-12-4-8(11)5-13-10/h1,4-5,7H,3,6H2. The van der Waals surface area contributed by atoms with Crippen LogP contribution in [0.3, 0.4) is 0 Å². The van der Waals surface area contributed by atoms with Crippen LogP contribution in [-0.4, -0.2) is 22.4 Å². The maximum atomic E-state index is 11.6. The van der Waals surface area contributed by atoms with Crippen LogP contribution >= 0.6 is 22.6 Å². The van der Waals surface area contributed by atoms with E-state index in [0.717, 1.165) is 3.57 Å². The summed E-state index contributed by atoms with van der Waals surface area (Å²) in [6.07, 6.45) is 9.04. The van der Waals surface area contributed by atoms with Crippen molar-refractivity contribution in [3.05, 3.63) is 16.0 Å². The van der Waals surface area contributed by atoms with E-state index in [0.29, 0.717) is 18.9 Å². The molecule has 2 heterocycles. The first-order valence-electron chi connectivity index (χ1n) is 4.44. The van der Waals surface area contributed by atoms with E-state index in [4.69, 9.17) is 6.42 Å². The van der Waals surface area contributed by atoms with Gasteiger partial charge in [-0.15, -0.1) is 12.3 Å². The fraction of sp³-hybridized carbons (Fsp3) is 0.300. The molecular weight excluding hydrogens is 305 g/mol. The lowest BCUT2D eigenvalue weighted by atomic mass is 10.1. The van der Waals surface area contributed by atoms with Gasteiger partial charge in [0.05, 0.1) is 0 Å². The summed E-state index contributed by atoms with van der Waals surface area (Å²) in [5, 5.41) is 0. The van der Waals surface area contributed by atoms with Gasteiger partial charge in [0.2, 0.25) is 11.9 Å². The minimum Gasteiger partial charge on any atom is -0.279 e. The van der Waals surface area contributed by atoms with Gasteiger partial charge < -0.3 is 0 Å². The van der Waals surface area contributed by atoms with Gasteiger partial charge in [-0.3, -0.25) is 9.69 Å². The number of nitrogens with zero attached hydrogens (tertiary/aromatic N) is 3. The molecule has 76 valence electrons. The molecule has 2 rings (SSSR count). The fourth-order valence-corrected chi connectivity index (χ4v) is 1.74. The molecule has 1 saturated heterocycles. The van der Waals surface area contributed by atoms with E-state index >= 15 is 0 Å². The predicted octanol–water partition coefficient (Wildman–Crippen LogP) is 1.07. The summed E-state index contributed by atoms with van der Waals surface area (Å²) in [6.45, 7) is 0.524. The number of halogens is 1. The number of carbonyl (C=O) groups excluding carboxylic acids is 1. The molecule has 1 aromatic heterocycles. The van der Waals surface area contributed by atoms with Crippen molar-refractivity contribution < 1.29 is 4.79 Å². The second kappa shape index (κ2) is 4.14. The van der Waals surface area contributed by atoms with Crippen LogP contribution in [0.2, 0.25) is 0 Å². The summed E-state index contributed by atoms with van der Waals surface area (Å²) in [4.78, 5) is 21.3. The van der Waals surface area contributed by atoms with Crippen LogP contribution in [0.5, 0.6) is 0 Å². The van der Waals surface area contributed by atoms with Gasteiger partial charge in [-0.1, -0.05) is 0 Å². The average Bonchev–Trinajstić information content (AvgIpc) is 2.61. The Hall–Kier alpha value is -1.16. The van der Waals surface area contributed by atoms with Crippen molar-refractivity contribution in [3.8, 4) is 12.3 Å². The maximum absolute atomic E-state index is 11.6. The van der Waals surface area contributed by atoms with Crippen molar-refractivity contribution in [2.24, 2.45) is 5.92 Å². The number of carbonyl (C=O) groups is 1. The Labute approximate surface area is 101 Å². The molecule has 0 spiro atoms. The van der Waals surface area contributed by atoms with Gasteiger partial charge in [-0.2, -0.15) is 0 Å². The van der Waals surface area contributed by atoms with Gasteiger partial charge in [-0.05, 0) is 22.6 Å². The number of aromatic nitrogens is 2. The Balaban J connectivity index is 2.22. The van der Waals surface area contributed by atoms with Gasteiger partial charge in [0.15, 0.2) is 0 Å². The minimum atomic E-state index is -0.0135. The third-order valence-electron chi connectivity index (χ3n) is 2.21. The molecule has 1 unspecified atom stereocenters. The predicted molar refractivity (Wildman–Crippen MR) is 64.0 cm³/mol. The largest absolute Gasteiger partial charge is 0.279 e. The third kappa shape index (κ3) is 2.09. The summed E-state index contributed by atoms with van der Waals surface area (Å²) < 4.78 is 0.941. The highest BCUT2D eigenvalue weighted by atomic mass is 127. The highest BCUT2D eigenvalue weighted by Crippen LogP contribution is 2.21. The van der Waals surface area contributed by atoms with Gasteiger partial charge in [0.1, 0.15) is 0 Å². The van der Waals surface area contributed by atoms with Crippen LogP contribution in [-0.2, 0) is 4.79 Å². The van der Waals surface area contributed by atoms with Crippen molar-refractivity contribution in [1.29, 1.82) is 0 Å². The quantitative estimate of drug-likeness (QED) is 0.575. The molecule has 1 aliphatic heterocycles. The first-order valence-corrected chi connectivity index (χ1v) is 5.52. The SMILES string of the molecule is C#CC1CC(=O)N(c2ncc(I)cn2)C1. The van der Waals surface area contributed by atoms with Gasteiger partial charge in [0, 0.05) is 34.8 Å². The molecule has 0 saturated carbocycles. The van der Waals surface area contributed by atoms with Gasteiger partial charge in [-0.25, -0.2) is 9.97 Å². The molecule has 1 aromatic rings. The van der Waals surface area contributed by atoms with Crippen LogP contribution in [0, 0.1) is 21.8 Å². The Morgan fingerprint density at radius 3 is 2.73 bits per heavy atom. The van der Waals surface area contributed by atoms with E-state index in [2.05, 4.69) is 38.5 Å². The lowest BCUT2D eigenvalue weighted by Crippen LogP contribution is -2.26. The Morgan fingerprint density at radius 2 is 2.20 bits per heavy atom.